The molecule has 0 fully saturated rings. The molecule has 1 aliphatic carbocycles. The summed E-state index contributed by atoms with van der Waals surface area (Å²) < 4.78 is 6.56. The van der Waals surface area contributed by atoms with Crippen molar-refractivity contribution in [3.05, 3.63) is 257 Å². The van der Waals surface area contributed by atoms with Crippen LogP contribution in [0.5, 0.6) is 5.75 Å². The maximum Gasteiger partial charge on any atom is 0.220 e. The number of allylic oxidation sites excluding steroid dienone is 4. The van der Waals surface area contributed by atoms with Gasteiger partial charge in [0.15, 0.2) is 0 Å². The quantitative estimate of drug-likeness (QED) is 0.0268. The number of nitrogens with one attached hydrogen (secondary N) is 4. The lowest BCUT2D eigenvalue weighted by atomic mass is 9.86. The average Bonchev–Trinajstić information content (AvgIpc) is 3.49. The highest BCUT2D eigenvalue weighted by Gasteiger charge is 2.30. The third-order valence-electron chi connectivity index (χ3n) is 13.7. The van der Waals surface area contributed by atoms with Crippen molar-refractivity contribution >= 4 is 18.2 Å². The molecule has 3 atom stereocenters. The van der Waals surface area contributed by atoms with Crippen LogP contribution < -0.4 is 31.7 Å². The Kier molecular flexibility index (Phi) is 26.8. The Morgan fingerprint density at radius 3 is 1.96 bits per heavy atom. The number of primary amides is 1. The Bertz CT molecular complexity index is 2880. The van der Waals surface area contributed by atoms with Crippen LogP contribution >= 0.6 is 0 Å². The van der Waals surface area contributed by atoms with Crippen LogP contribution in [-0.2, 0) is 46.7 Å². The number of carbonyl (C=O) groups excluding carboxylic acids is 3. The molecule has 0 saturated carbocycles. The number of hydrogen-bond acceptors (Lipinski definition) is 7. The van der Waals surface area contributed by atoms with Crippen LogP contribution in [0.3, 0.4) is 0 Å². The highest BCUT2D eigenvalue weighted by Crippen LogP contribution is 2.33. The fourth-order valence-corrected chi connectivity index (χ4v) is 9.27. The minimum absolute atomic E-state index is 0.00773. The molecule has 4 bridgehead atoms. The van der Waals surface area contributed by atoms with Crippen molar-refractivity contribution in [1.29, 1.82) is 0 Å². The summed E-state index contributed by atoms with van der Waals surface area (Å²) in [5.74, 6) is 0.495. The first-order valence-corrected chi connectivity index (χ1v) is 27.7. The molecular formula is C69H83N5O5. The number of hydrogen-bond donors (Lipinski definition) is 6. The number of carbonyl (C=O) groups is 3. The van der Waals surface area contributed by atoms with Crippen molar-refractivity contribution in [1.82, 2.24) is 21.3 Å². The van der Waals surface area contributed by atoms with Gasteiger partial charge < -0.3 is 36.8 Å². The molecule has 0 aromatic heterocycles. The van der Waals surface area contributed by atoms with Crippen molar-refractivity contribution in [2.45, 2.75) is 110 Å². The molecule has 0 radical (unpaired) electrons. The molecule has 1 aliphatic heterocycles. The number of amides is 3. The highest BCUT2D eigenvalue weighted by atomic mass is 16.5. The minimum atomic E-state index is -0.376. The normalized spacial score (nSPS) is 15.2. The average molecular weight is 1060 g/mol. The summed E-state index contributed by atoms with van der Waals surface area (Å²) in [4.78, 5) is 35.6. The molecule has 2 unspecified atom stereocenters. The highest BCUT2D eigenvalue weighted by molar-refractivity contribution is 5.77. The van der Waals surface area contributed by atoms with Crippen LogP contribution in [0, 0.1) is 19.8 Å². The van der Waals surface area contributed by atoms with Crippen LogP contribution in [0.15, 0.2) is 218 Å². The van der Waals surface area contributed by atoms with E-state index in [2.05, 4.69) is 183 Å². The van der Waals surface area contributed by atoms with E-state index in [1.165, 1.54) is 22.3 Å². The van der Waals surface area contributed by atoms with Gasteiger partial charge in [-0.25, -0.2) is 0 Å². The summed E-state index contributed by atoms with van der Waals surface area (Å²) in [7, 11) is 0. The van der Waals surface area contributed by atoms with Crippen molar-refractivity contribution < 1.29 is 24.2 Å². The van der Waals surface area contributed by atoms with Crippen molar-refractivity contribution in [3.8, 4) is 16.9 Å². The van der Waals surface area contributed by atoms with E-state index >= 15 is 0 Å². The topological polar surface area (TPSA) is 155 Å². The van der Waals surface area contributed by atoms with E-state index in [0.29, 0.717) is 70.2 Å². The Morgan fingerprint density at radius 2 is 1.35 bits per heavy atom. The fourth-order valence-electron chi connectivity index (χ4n) is 9.27. The zero-order valence-corrected chi connectivity index (χ0v) is 46.7. The first-order chi connectivity index (χ1) is 38.3. The minimum Gasteiger partial charge on any atom is -0.511 e. The van der Waals surface area contributed by atoms with E-state index in [4.69, 9.17) is 9.53 Å². The van der Waals surface area contributed by atoms with Crippen LogP contribution in [0.2, 0.25) is 0 Å². The number of aliphatic hydroxyl groups excluding tert-OH is 1. The Hall–Kier alpha value is -8.37. The lowest BCUT2D eigenvalue weighted by molar-refractivity contribution is -0.122. The molecule has 8 rings (SSSR count). The monoisotopic (exact) mass is 1060 g/mol. The second-order valence-electron chi connectivity index (χ2n) is 20.0. The number of aryl methyl sites for hydroxylation is 4. The predicted octanol–water partition coefficient (Wildman–Crippen LogP) is 13.0. The smallest absolute Gasteiger partial charge is 0.220 e. The van der Waals surface area contributed by atoms with E-state index < -0.39 is 0 Å². The van der Waals surface area contributed by atoms with Crippen molar-refractivity contribution in [3.63, 3.8) is 0 Å². The molecule has 0 saturated heterocycles. The number of ether oxygens (including phenoxy) is 1. The standard InChI is InChI=1S/C52H60N4O4.2C8H10.CH3NO/c1-37(57)35-54-39(3)48-32-43-21-13-22-44(31-43)45-26-27-50(60-36-42-19-11-6-12-20-42)46(33-45)34-49(56-52(59)29-25-41-17-9-5-10-18-41)47(38(2)55-48)23-14-30-53-51(58)28-24-40-15-7-4-8-16-40;1-7-3-5-8(2)6-4-7;1-2-8-6-4-3-5-7-8;2-1-3/h4,6-9,11-13,15-22,26-27,31,33,47-49,54-55,57H,1-3,5,10,14,23-25,28-30,32,34-36H2,(H,53,58)(H,56,59);3-6H,1-2H3;3-7H,2H2,1H3;1H,(H2,2,3)/t47-,48?,49?;;;/m0.../s1. The molecule has 10 nitrogen and oxygen atoms in total. The molecule has 79 heavy (non-hydrogen) atoms. The van der Waals surface area contributed by atoms with Gasteiger partial charge in [0, 0.05) is 42.7 Å². The zero-order valence-electron chi connectivity index (χ0n) is 46.7. The van der Waals surface area contributed by atoms with Gasteiger partial charge in [0.25, 0.3) is 0 Å². The number of nitrogens with two attached hydrogens (primary N) is 1. The van der Waals surface area contributed by atoms with Crippen LogP contribution in [0.25, 0.3) is 11.1 Å². The zero-order chi connectivity index (χ0) is 56.6. The summed E-state index contributed by atoms with van der Waals surface area (Å²) in [5, 5.41) is 23.5. The molecule has 6 aromatic rings. The maximum atomic E-state index is 14.1. The third kappa shape index (κ3) is 23.0. The van der Waals surface area contributed by atoms with Gasteiger partial charge >= 0.3 is 0 Å². The van der Waals surface area contributed by atoms with E-state index in [-0.39, 0.29) is 48.5 Å². The van der Waals surface area contributed by atoms with Gasteiger partial charge in [0.1, 0.15) is 18.1 Å². The van der Waals surface area contributed by atoms with Gasteiger partial charge in [-0.05, 0) is 123 Å². The van der Waals surface area contributed by atoms with Gasteiger partial charge in [0.2, 0.25) is 18.2 Å². The molecule has 10 heteroatoms. The molecule has 3 amide bonds. The van der Waals surface area contributed by atoms with Crippen LogP contribution in [0.1, 0.15) is 90.8 Å². The number of rotatable bonds is 19. The van der Waals surface area contributed by atoms with E-state index in [9.17, 15) is 14.7 Å². The van der Waals surface area contributed by atoms with Crippen LogP contribution in [0.4, 0.5) is 0 Å². The molecule has 2 aliphatic rings. The van der Waals surface area contributed by atoms with Gasteiger partial charge in [-0.3, -0.25) is 14.4 Å². The number of benzene rings is 6. The van der Waals surface area contributed by atoms with E-state index in [1.54, 1.807) is 0 Å². The molecule has 6 aromatic carbocycles. The second-order valence-corrected chi connectivity index (χ2v) is 20.0. The molecule has 414 valence electrons. The van der Waals surface area contributed by atoms with Gasteiger partial charge in [-0.15, -0.1) is 0 Å². The lowest BCUT2D eigenvalue weighted by Gasteiger charge is -2.34. The third-order valence-corrected chi connectivity index (χ3v) is 13.7. The fraction of sp³-hybridized carbons (Fsp3) is 0.290. The molecule has 7 N–H and O–H groups in total. The summed E-state index contributed by atoms with van der Waals surface area (Å²) >= 11 is 0. The van der Waals surface area contributed by atoms with Gasteiger partial charge in [0.05, 0.1) is 12.6 Å². The predicted molar refractivity (Wildman–Crippen MR) is 325 cm³/mol. The molecule has 1 heterocycles. The molecular weight excluding hydrogens is 979 g/mol. The Morgan fingerprint density at radius 1 is 0.734 bits per heavy atom. The van der Waals surface area contributed by atoms with Gasteiger partial charge in [-0.2, -0.15) is 0 Å². The second kappa shape index (κ2) is 34.4. The van der Waals surface area contributed by atoms with Crippen LogP contribution in [-0.4, -0.2) is 48.5 Å². The summed E-state index contributed by atoms with van der Waals surface area (Å²) in [6.45, 7) is 20.1. The van der Waals surface area contributed by atoms with E-state index in [1.807, 2.05) is 60.7 Å². The lowest BCUT2D eigenvalue weighted by Crippen LogP contribution is -2.47. The Balaban J connectivity index is 0.000000508. The van der Waals surface area contributed by atoms with Crippen molar-refractivity contribution in [2.75, 3.05) is 13.1 Å². The number of fused-ring (bicyclic) bond motifs is 5. The summed E-state index contributed by atoms with van der Waals surface area (Å²) in [6.07, 6.45) is 14.4. The van der Waals surface area contributed by atoms with Gasteiger partial charge in [-0.1, -0.05) is 207 Å². The maximum absolute atomic E-state index is 14.1. The molecule has 0 spiro atoms. The Labute approximate surface area is 470 Å². The first-order valence-electron chi connectivity index (χ1n) is 27.7. The number of aliphatic hydroxyl groups is 1. The SMILES string of the molecule is C=C(O)CNC(=C)C1Cc2cccc(c2)-c2ccc(OCc3ccccc3)c(c2)CC(NC(=O)CCC2=CCCC=C2)[C@@H](CCCNC(=O)CCc2ccccc2)C(=C)N1.CCc1ccccc1.Cc1ccc(C)cc1.NC=O. The van der Waals surface area contributed by atoms with Crippen molar-refractivity contribution in [2.24, 2.45) is 11.7 Å². The first kappa shape index (κ1) is 61.5. The summed E-state index contributed by atoms with van der Waals surface area (Å²) in [6, 6.07) is 53.2. The largest absolute Gasteiger partial charge is 0.511 e. The van der Waals surface area contributed by atoms with E-state index in [0.717, 1.165) is 64.1 Å². The summed E-state index contributed by atoms with van der Waals surface area (Å²) in [5.41, 5.74) is 17.2.